The molecule has 2 nitrogen and oxygen atoms in total. The molecule has 2 rings (SSSR count). The highest BCUT2D eigenvalue weighted by Gasteiger charge is 2.02. The number of nitrogens with zero attached hydrogens (tertiary/aromatic N) is 1. The Morgan fingerprint density at radius 1 is 1.25 bits per heavy atom. The molecular weight excluding hydrogens is 319 g/mol. The molecule has 0 aliphatic rings. The molecule has 0 saturated carbocycles. The summed E-state index contributed by atoms with van der Waals surface area (Å²) in [5.41, 5.74) is 2.35. The van der Waals surface area contributed by atoms with E-state index >= 15 is 0 Å². The Balaban J connectivity index is 1.93. The molecule has 0 spiro atoms. The third-order valence-electron chi connectivity index (χ3n) is 3.04. The molecule has 1 aromatic carbocycles. The molecule has 0 aliphatic carbocycles. The van der Waals surface area contributed by atoms with E-state index in [1.54, 1.807) is 0 Å². The van der Waals surface area contributed by atoms with Crippen molar-refractivity contribution in [3.63, 3.8) is 0 Å². The molecule has 0 amide bonds. The zero-order valence-corrected chi connectivity index (χ0v) is 13.5. The van der Waals surface area contributed by atoms with Crippen LogP contribution in [0, 0.1) is 11.7 Å². The summed E-state index contributed by atoms with van der Waals surface area (Å²) in [4.78, 5) is 0. The fourth-order valence-electron chi connectivity index (χ4n) is 2.05. The van der Waals surface area contributed by atoms with Crippen LogP contribution in [0.3, 0.4) is 0 Å². The van der Waals surface area contributed by atoms with Crippen molar-refractivity contribution in [2.75, 3.05) is 6.54 Å². The van der Waals surface area contributed by atoms with E-state index < -0.39 is 0 Å². The molecule has 0 bridgehead atoms. The summed E-state index contributed by atoms with van der Waals surface area (Å²) >= 11 is 3.22. The maximum Gasteiger partial charge on any atom is 0.137 e. The largest absolute Gasteiger partial charge is 0.350 e. The number of benzene rings is 1. The first-order chi connectivity index (χ1) is 9.54. The standard InChI is InChI=1S/C16H20BrFN2/c1-12(2)8-19-9-14-5-6-20(11-14)10-13-3-4-16(18)15(17)7-13/h3-7,11-12,19H,8-10H2,1-2H3. The molecule has 20 heavy (non-hydrogen) atoms. The van der Waals surface area contributed by atoms with Crippen molar-refractivity contribution in [1.82, 2.24) is 9.88 Å². The number of hydrogen-bond donors (Lipinski definition) is 1. The van der Waals surface area contributed by atoms with Crippen LogP contribution in [-0.4, -0.2) is 11.1 Å². The molecule has 0 saturated heterocycles. The lowest BCUT2D eigenvalue weighted by Gasteiger charge is -2.06. The number of nitrogens with one attached hydrogen (secondary N) is 1. The van der Waals surface area contributed by atoms with Crippen molar-refractivity contribution < 1.29 is 4.39 Å². The van der Waals surface area contributed by atoms with Gasteiger partial charge in [-0.1, -0.05) is 19.9 Å². The molecule has 0 atom stereocenters. The number of aromatic nitrogens is 1. The topological polar surface area (TPSA) is 17.0 Å². The Morgan fingerprint density at radius 3 is 2.75 bits per heavy atom. The van der Waals surface area contributed by atoms with Crippen LogP contribution in [0.25, 0.3) is 0 Å². The predicted octanol–water partition coefficient (Wildman–Crippen LogP) is 4.18. The molecule has 2 aromatic rings. The van der Waals surface area contributed by atoms with Crippen molar-refractivity contribution >= 4 is 15.9 Å². The molecule has 0 fully saturated rings. The summed E-state index contributed by atoms with van der Waals surface area (Å²) in [6.07, 6.45) is 4.19. The highest BCUT2D eigenvalue weighted by Crippen LogP contribution is 2.17. The lowest BCUT2D eigenvalue weighted by Crippen LogP contribution is -2.18. The smallest absolute Gasteiger partial charge is 0.137 e. The van der Waals surface area contributed by atoms with Crippen molar-refractivity contribution in [3.8, 4) is 0 Å². The van der Waals surface area contributed by atoms with Crippen molar-refractivity contribution in [2.45, 2.75) is 26.9 Å². The van der Waals surface area contributed by atoms with Gasteiger partial charge in [0.05, 0.1) is 4.47 Å². The van der Waals surface area contributed by atoms with Crippen LogP contribution in [0.4, 0.5) is 4.39 Å². The SMILES string of the molecule is CC(C)CNCc1ccn(Cc2ccc(F)c(Br)c2)c1. The molecule has 108 valence electrons. The Kier molecular flexibility index (Phi) is 5.38. The van der Waals surface area contributed by atoms with E-state index in [1.165, 1.54) is 11.6 Å². The highest BCUT2D eigenvalue weighted by atomic mass is 79.9. The summed E-state index contributed by atoms with van der Waals surface area (Å²) in [6.45, 7) is 7.06. The first-order valence-electron chi connectivity index (χ1n) is 6.84. The Morgan fingerprint density at radius 2 is 2.05 bits per heavy atom. The van der Waals surface area contributed by atoms with E-state index in [0.717, 1.165) is 25.2 Å². The van der Waals surface area contributed by atoms with E-state index in [1.807, 2.05) is 12.1 Å². The second-order valence-electron chi connectivity index (χ2n) is 5.47. The minimum Gasteiger partial charge on any atom is -0.350 e. The van der Waals surface area contributed by atoms with E-state index in [4.69, 9.17) is 0 Å². The summed E-state index contributed by atoms with van der Waals surface area (Å²) in [5.74, 6) is 0.438. The van der Waals surface area contributed by atoms with Crippen LogP contribution in [0.2, 0.25) is 0 Å². The zero-order chi connectivity index (χ0) is 14.5. The van der Waals surface area contributed by atoms with Crippen molar-refractivity contribution in [2.24, 2.45) is 5.92 Å². The maximum atomic E-state index is 13.2. The van der Waals surface area contributed by atoms with Gasteiger partial charge in [-0.2, -0.15) is 0 Å². The van der Waals surface area contributed by atoms with Gasteiger partial charge in [0, 0.05) is 25.5 Å². The molecule has 0 radical (unpaired) electrons. The average Bonchev–Trinajstić information content (AvgIpc) is 2.81. The predicted molar refractivity (Wildman–Crippen MR) is 84.2 cm³/mol. The average molecular weight is 339 g/mol. The molecule has 1 N–H and O–H groups in total. The van der Waals surface area contributed by atoms with Crippen molar-refractivity contribution in [1.29, 1.82) is 0 Å². The minimum atomic E-state index is -0.222. The monoisotopic (exact) mass is 338 g/mol. The van der Waals surface area contributed by atoms with E-state index in [0.29, 0.717) is 10.4 Å². The van der Waals surface area contributed by atoms with Gasteiger partial charge in [-0.05, 0) is 57.7 Å². The third kappa shape index (κ3) is 4.46. The molecule has 4 heteroatoms. The van der Waals surface area contributed by atoms with E-state index in [2.05, 4.69) is 58.1 Å². The van der Waals surface area contributed by atoms with Gasteiger partial charge in [-0.3, -0.25) is 0 Å². The Labute approximate surface area is 128 Å². The Hall–Kier alpha value is -1.13. The van der Waals surface area contributed by atoms with Crippen LogP contribution in [0.5, 0.6) is 0 Å². The van der Waals surface area contributed by atoms with Crippen LogP contribution < -0.4 is 5.32 Å². The van der Waals surface area contributed by atoms with Gasteiger partial charge >= 0.3 is 0 Å². The van der Waals surface area contributed by atoms with Gasteiger partial charge in [0.15, 0.2) is 0 Å². The maximum absolute atomic E-state index is 13.2. The second-order valence-corrected chi connectivity index (χ2v) is 6.32. The van der Waals surface area contributed by atoms with Crippen LogP contribution >= 0.6 is 15.9 Å². The fraction of sp³-hybridized carbons (Fsp3) is 0.375. The summed E-state index contributed by atoms with van der Waals surface area (Å²) in [6, 6.07) is 7.25. The van der Waals surface area contributed by atoms with Gasteiger partial charge < -0.3 is 9.88 Å². The number of hydrogen-bond acceptors (Lipinski definition) is 1. The van der Waals surface area contributed by atoms with Gasteiger partial charge in [-0.15, -0.1) is 0 Å². The van der Waals surface area contributed by atoms with Gasteiger partial charge in [0.1, 0.15) is 5.82 Å². The van der Waals surface area contributed by atoms with Crippen LogP contribution in [0.15, 0.2) is 41.1 Å². The van der Waals surface area contributed by atoms with Crippen LogP contribution in [-0.2, 0) is 13.1 Å². The molecular formula is C16H20BrFN2. The van der Waals surface area contributed by atoms with Gasteiger partial charge in [0.25, 0.3) is 0 Å². The minimum absolute atomic E-state index is 0.222. The first kappa shape index (κ1) is 15.3. The molecule has 1 aromatic heterocycles. The number of rotatable bonds is 6. The second kappa shape index (κ2) is 7.04. The highest BCUT2D eigenvalue weighted by molar-refractivity contribution is 9.10. The zero-order valence-electron chi connectivity index (χ0n) is 11.9. The molecule has 1 heterocycles. The van der Waals surface area contributed by atoms with Gasteiger partial charge in [0.2, 0.25) is 0 Å². The number of halogens is 2. The van der Waals surface area contributed by atoms with E-state index in [-0.39, 0.29) is 5.82 Å². The van der Waals surface area contributed by atoms with E-state index in [9.17, 15) is 4.39 Å². The Bertz CT molecular complexity index is 563. The quantitative estimate of drug-likeness (QED) is 0.835. The normalized spacial score (nSPS) is 11.2. The summed E-state index contributed by atoms with van der Waals surface area (Å²) in [5, 5.41) is 3.42. The fourth-order valence-corrected chi connectivity index (χ4v) is 2.47. The summed E-state index contributed by atoms with van der Waals surface area (Å²) < 4.78 is 15.8. The third-order valence-corrected chi connectivity index (χ3v) is 3.65. The van der Waals surface area contributed by atoms with Crippen molar-refractivity contribution in [3.05, 3.63) is 58.1 Å². The van der Waals surface area contributed by atoms with Crippen LogP contribution in [0.1, 0.15) is 25.0 Å². The summed E-state index contributed by atoms with van der Waals surface area (Å²) in [7, 11) is 0. The van der Waals surface area contributed by atoms with Gasteiger partial charge in [-0.25, -0.2) is 4.39 Å². The molecule has 0 unspecified atom stereocenters. The first-order valence-corrected chi connectivity index (χ1v) is 7.63. The molecule has 0 aliphatic heterocycles. The lowest BCUT2D eigenvalue weighted by atomic mass is 10.2. The lowest BCUT2D eigenvalue weighted by molar-refractivity contribution is 0.552.